The van der Waals surface area contributed by atoms with Gasteiger partial charge in [0.25, 0.3) is 17.3 Å². The second-order valence-electron chi connectivity index (χ2n) is 5.04. The normalized spacial score (nSPS) is 16.7. The molecule has 26 heavy (non-hydrogen) atoms. The lowest BCUT2D eigenvalue weighted by molar-refractivity contribution is -0.385. The van der Waals surface area contributed by atoms with E-state index in [0.717, 1.165) is 11.8 Å². The predicted octanol–water partition coefficient (Wildman–Crippen LogP) is 3.39. The van der Waals surface area contributed by atoms with Crippen molar-refractivity contribution in [3.8, 4) is 0 Å². The van der Waals surface area contributed by atoms with E-state index in [2.05, 4.69) is 10.3 Å². The number of carbonyl (C=O) groups is 1. The predicted molar refractivity (Wildman–Crippen MR) is 97.0 cm³/mol. The Kier molecular flexibility index (Phi) is 4.76. The van der Waals surface area contributed by atoms with Crippen molar-refractivity contribution in [2.75, 3.05) is 0 Å². The van der Waals surface area contributed by atoms with E-state index in [0.29, 0.717) is 0 Å². The number of amidine groups is 1. The molecule has 1 aliphatic rings. The number of para-hydroxylation sites is 3. The van der Waals surface area contributed by atoms with Crippen LogP contribution < -0.4 is 5.32 Å². The van der Waals surface area contributed by atoms with Crippen LogP contribution in [0.25, 0.3) is 6.08 Å². The molecule has 2 aromatic rings. The van der Waals surface area contributed by atoms with E-state index >= 15 is 0 Å². The molecule has 1 amide bonds. The van der Waals surface area contributed by atoms with Gasteiger partial charge in [0.1, 0.15) is 5.69 Å². The number of thioether (sulfide) groups is 1. The summed E-state index contributed by atoms with van der Waals surface area (Å²) in [6, 6.07) is 11.9. The fourth-order valence-corrected chi connectivity index (χ4v) is 3.05. The maximum absolute atomic E-state index is 12.1. The molecule has 0 atom stereocenters. The molecule has 9 nitrogen and oxygen atoms in total. The molecule has 0 bridgehead atoms. The summed E-state index contributed by atoms with van der Waals surface area (Å²) < 4.78 is 0. The first kappa shape index (κ1) is 17.3. The highest BCUT2D eigenvalue weighted by atomic mass is 32.2. The fourth-order valence-electron chi connectivity index (χ4n) is 2.22. The summed E-state index contributed by atoms with van der Waals surface area (Å²) in [6.07, 6.45) is 1.39. The van der Waals surface area contributed by atoms with Crippen LogP contribution in [0, 0.1) is 20.2 Å². The Labute approximate surface area is 150 Å². The molecule has 1 fully saturated rings. The van der Waals surface area contributed by atoms with Gasteiger partial charge in [-0.1, -0.05) is 24.3 Å². The van der Waals surface area contributed by atoms with Gasteiger partial charge >= 0.3 is 0 Å². The standard InChI is InChI=1S/C16H10N4O5S/c21-15-14(9-10-5-1-3-7-12(10)19(22)23)26-16(18-15)17-11-6-2-4-8-13(11)20(24)25/h1-9H,(H,17,18,21)/b14-9-. The zero-order chi connectivity index (χ0) is 18.7. The van der Waals surface area contributed by atoms with Crippen LogP contribution in [-0.4, -0.2) is 20.9 Å². The molecular weight excluding hydrogens is 360 g/mol. The van der Waals surface area contributed by atoms with Crippen molar-refractivity contribution in [3.63, 3.8) is 0 Å². The maximum atomic E-state index is 12.1. The van der Waals surface area contributed by atoms with E-state index < -0.39 is 15.8 Å². The number of nitro benzene ring substituents is 2. The average Bonchev–Trinajstić information content (AvgIpc) is 2.94. The quantitative estimate of drug-likeness (QED) is 0.499. The van der Waals surface area contributed by atoms with Crippen LogP contribution >= 0.6 is 11.8 Å². The van der Waals surface area contributed by atoms with Crippen LogP contribution in [0.1, 0.15) is 5.56 Å². The molecule has 0 aromatic heterocycles. The fraction of sp³-hybridized carbons (Fsp3) is 0. The molecule has 1 heterocycles. The molecular formula is C16H10N4O5S. The molecule has 0 aliphatic carbocycles. The van der Waals surface area contributed by atoms with Crippen molar-refractivity contribution < 1.29 is 14.6 Å². The van der Waals surface area contributed by atoms with Crippen molar-refractivity contribution in [1.82, 2.24) is 5.32 Å². The number of hydrogen-bond acceptors (Lipinski definition) is 7. The second kappa shape index (κ2) is 7.15. The van der Waals surface area contributed by atoms with E-state index in [1.807, 2.05) is 0 Å². The second-order valence-corrected chi connectivity index (χ2v) is 6.07. The van der Waals surface area contributed by atoms with Gasteiger partial charge in [0.2, 0.25) is 0 Å². The minimum Gasteiger partial charge on any atom is -0.300 e. The van der Waals surface area contributed by atoms with Gasteiger partial charge in [-0.15, -0.1) is 0 Å². The highest BCUT2D eigenvalue weighted by molar-refractivity contribution is 8.18. The first-order valence-corrected chi connectivity index (χ1v) is 8.04. The van der Waals surface area contributed by atoms with Gasteiger partial charge in [-0.05, 0) is 30.0 Å². The van der Waals surface area contributed by atoms with Crippen LogP contribution in [0.3, 0.4) is 0 Å². The van der Waals surface area contributed by atoms with Gasteiger partial charge in [-0.25, -0.2) is 4.99 Å². The lowest BCUT2D eigenvalue weighted by Crippen LogP contribution is -2.19. The number of carbonyl (C=O) groups excluding carboxylic acids is 1. The van der Waals surface area contributed by atoms with E-state index in [-0.39, 0.29) is 32.7 Å². The lowest BCUT2D eigenvalue weighted by Gasteiger charge is -1.98. The van der Waals surface area contributed by atoms with Gasteiger partial charge in [0, 0.05) is 12.1 Å². The molecule has 10 heteroatoms. The Morgan fingerprint density at radius 3 is 2.27 bits per heavy atom. The van der Waals surface area contributed by atoms with E-state index in [1.54, 1.807) is 12.1 Å². The third-order valence-electron chi connectivity index (χ3n) is 3.37. The Balaban J connectivity index is 1.93. The summed E-state index contributed by atoms with van der Waals surface area (Å²) >= 11 is 0.955. The summed E-state index contributed by atoms with van der Waals surface area (Å²) in [7, 11) is 0. The third-order valence-corrected chi connectivity index (χ3v) is 4.28. The Morgan fingerprint density at radius 1 is 0.962 bits per heavy atom. The van der Waals surface area contributed by atoms with E-state index in [9.17, 15) is 25.0 Å². The number of rotatable bonds is 4. The molecule has 1 aliphatic heterocycles. The van der Waals surface area contributed by atoms with Crippen LogP contribution in [0.4, 0.5) is 17.1 Å². The summed E-state index contributed by atoms with van der Waals surface area (Å²) in [5, 5.41) is 24.8. The van der Waals surface area contributed by atoms with Crippen molar-refractivity contribution in [1.29, 1.82) is 0 Å². The van der Waals surface area contributed by atoms with Crippen LogP contribution in [0.15, 0.2) is 58.4 Å². The number of benzene rings is 2. The minimum absolute atomic E-state index is 0.104. The third kappa shape index (κ3) is 3.59. The summed E-state index contributed by atoms with van der Waals surface area (Å²) in [6.45, 7) is 0. The number of hydrogen-bond donors (Lipinski definition) is 1. The number of aliphatic imine (C=N–C) groups is 1. The molecule has 0 unspecified atom stereocenters. The van der Waals surface area contributed by atoms with Crippen molar-refractivity contribution in [2.24, 2.45) is 4.99 Å². The molecule has 0 spiro atoms. The Bertz CT molecular complexity index is 986. The van der Waals surface area contributed by atoms with E-state index in [1.165, 1.54) is 42.5 Å². The molecule has 2 aromatic carbocycles. The topological polar surface area (TPSA) is 128 Å². The number of nitrogens with zero attached hydrogens (tertiary/aromatic N) is 3. The highest BCUT2D eigenvalue weighted by Gasteiger charge is 2.26. The zero-order valence-electron chi connectivity index (χ0n) is 13.0. The van der Waals surface area contributed by atoms with Crippen LogP contribution in [-0.2, 0) is 4.79 Å². The molecule has 1 N–H and O–H groups in total. The van der Waals surface area contributed by atoms with E-state index in [4.69, 9.17) is 0 Å². The van der Waals surface area contributed by atoms with Crippen LogP contribution in [0.2, 0.25) is 0 Å². The smallest absolute Gasteiger partial charge is 0.294 e. The lowest BCUT2D eigenvalue weighted by atomic mass is 10.1. The largest absolute Gasteiger partial charge is 0.300 e. The van der Waals surface area contributed by atoms with Gasteiger partial charge in [-0.2, -0.15) is 0 Å². The SMILES string of the molecule is O=C1NC(=Nc2ccccc2[N+](=O)[O-])S/C1=C\c1ccccc1[N+](=O)[O-]. The van der Waals surface area contributed by atoms with Gasteiger partial charge in [-0.3, -0.25) is 25.0 Å². The number of nitrogens with one attached hydrogen (secondary N) is 1. The van der Waals surface area contributed by atoms with Gasteiger partial charge in [0.15, 0.2) is 5.17 Å². The number of amides is 1. The first-order chi connectivity index (χ1) is 12.5. The van der Waals surface area contributed by atoms with Crippen molar-refractivity contribution >= 4 is 46.0 Å². The Morgan fingerprint density at radius 2 is 1.58 bits per heavy atom. The summed E-state index contributed by atoms with van der Waals surface area (Å²) in [4.78, 5) is 37.4. The molecule has 0 saturated carbocycles. The first-order valence-electron chi connectivity index (χ1n) is 7.22. The minimum atomic E-state index is -0.565. The molecule has 130 valence electrons. The van der Waals surface area contributed by atoms with Gasteiger partial charge < -0.3 is 5.32 Å². The van der Waals surface area contributed by atoms with Crippen molar-refractivity contribution in [3.05, 3.63) is 79.2 Å². The molecule has 0 radical (unpaired) electrons. The summed E-state index contributed by atoms with van der Waals surface area (Å²) in [5.74, 6) is -0.481. The Hall–Kier alpha value is -3.53. The van der Waals surface area contributed by atoms with Gasteiger partial charge in [0.05, 0.1) is 20.3 Å². The average molecular weight is 370 g/mol. The van der Waals surface area contributed by atoms with Crippen molar-refractivity contribution in [2.45, 2.75) is 0 Å². The maximum Gasteiger partial charge on any atom is 0.294 e. The number of nitro groups is 2. The highest BCUT2D eigenvalue weighted by Crippen LogP contribution is 2.33. The summed E-state index contributed by atoms with van der Waals surface area (Å²) in [5.41, 5.74) is 0.0674. The van der Waals surface area contributed by atoms with Crippen LogP contribution in [0.5, 0.6) is 0 Å². The monoisotopic (exact) mass is 370 g/mol. The molecule has 3 rings (SSSR count). The zero-order valence-corrected chi connectivity index (χ0v) is 13.8. The molecule has 1 saturated heterocycles.